The first-order valence-corrected chi connectivity index (χ1v) is 6.33. The van der Waals surface area contributed by atoms with Crippen LogP contribution in [0, 0.1) is 26.9 Å². The fourth-order valence-electron chi connectivity index (χ4n) is 1.71. The van der Waals surface area contributed by atoms with Gasteiger partial charge in [0.2, 0.25) is 5.75 Å². The minimum absolute atomic E-state index is 0.110. The molecule has 0 amide bonds. The van der Waals surface area contributed by atoms with Gasteiger partial charge in [0.15, 0.2) is 11.5 Å². The molecule has 0 aliphatic carbocycles. The smallest absolute Gasteiger partial charge is 0.315 e. The molecule has 7 nitrogen and oxygen atoms in total. The Bertz CT molecular complexity index is 693. The van der Waals surface area contributed by atoms with Crippen LogP contribution in [0.25, 0.3) is 6.08 Å². The van der Waals surface area contributed by atoms with E-state index in [1.54, 1.807) is 26.8 Å². The van der Waals surface area contributed by atoms with Gasteiger partial charge >= 0.3 is 5.69 Å². The van der Waals surface area contributed by atoms with Gasteiger partial charge in [-0.1, -0.05) is 20.8 Å². The molecule has 116 valence electrons. The fourth-order valence-corrected chi connectivity index (χ4v) is 1.71. The van der Waals surface area contributed by atoms with Gasteiger partial charge in [-0.3, -0.25) is 14.9 Å². The van der Waals surface area contributed by atoms with Crippen molar-refractivity contribution in [3.63, 3.8) is 0 Å². The zero-order valence-electron chi connectivity index (χ0n) is 12.7. The molecule has 0 saturated heterocycles. The van der Waals surface area contributed by atoms with Crippen LogP contribution in [0.2, 0.25) is 0 Å². The summed E-state index contributed by atoms with van der Waals surface area (Å²) in [5, 5.41) is 29.7. The highest BCUT2D eigenvalue weighted by atomic mass is 16.6. The lowest BCUT2D eigenvalue weighted by atomic mass is 9.86. The van der Waals surface area contributed by atoms with Crippen molar-refractivity contribution >= 4 is 17.5 Å². The van der Waals surface area contributed by atoms with Crippen molar-refractivity contribution in [2.75, 3.05) is 7.11 Å². The summed E-state index contributed by atoms with van der Waals surface area (Å²) >= 11 is 0. The van der Waals surface area contributed by atoms with E-state index >= 15 is 0 Å². The number of methoxy groups -OCH3 is 1. The lowest BCUT2D eigenvalue weighted by Crippen LogP contribution is -2.21. The van der Waals surface area contributed by atoms with Gasteiger partial charge in [0.25, 0.3) is 0 Å². The predicted molar refractivity (Wildman–Crippen MR) is 79.4 cm³/mol. The summed E-state index contributed by atoms with van der Waals surface area (Å²) in [6.45, 7) is 5.00. The Kier molecular flexibility index (Phi) is 4.89. The molecule has 0 saturated carbocycles. The van der Waals surface area contributed by atoms with Gasteiger partial charge in [-0.2, -0.15) is 5.26 Å². The SMILES string of the molecule is COc1cc(/C=C(\C#N)C(=O)C(C)(C)C)cc([N+](=O)[O-])c1O. The number of allylic oxidation sites excluding steroid dienone is 1. The third-order valence-electron chi connectivity index (χ3n) is 2.85. The van der Waals surface area contributed by atoms with E-state index in [9.17, 15) is 20.0 Å². The van der Waals surface area contributed by atoms with Gasteiger partial charge < -0.3 is 9.84 Å². The summed E-state index contributed by atoms with van der Waals surface area (Å²) in [7, 11) is 1.25. The second-order valence-electron chi connectivity index (χ2n) is 5.60. The standard InChI is InChI=1S/C15H16N2O5/c1-15(2,3)14(19)10(8-16)5-9-6-11(17(20)21)13(18)12(7-9)22-4/h5-7,18H,1-4H3/b10-5+. The number of Topliss-reactive ketones (excluding diaryl/α,β-unsaturated/α-hetero) is 1. The van der Waals surface area contributed by atoms with Crippen molar-refractivity contribution in [2.24, 2.45) is 5.41 Å². The fraction of sp³-hybridized carbons (Fsp3) is 0.333. The molecular formula is C15H16N2O5. The van der Waals surface area contributed by atoms with Crippen LogP contribution in [0.4, 0.5) is 5.69 Å². The Morgan fingerprint density at radius 3 is 2.45 bits per heavy atom. The number of aromatic hydroxyl groups is 1. The molecule has 0 fully saturated rings. The van der Waals surface area contributed by atoms with Crippen LogP contribution in [-0.2, 0) is 4.79 Å². The van der Waals surface area contributed by atoms with Crippen LogP contribution in [0.3, 0.4) is 0 Å². The number of phenolic OH excluding ortho intramolecular Hbond substituents is 1. The van der Waals surface area contributed by atoms with Crippen LogP contribution in [0.5, 0.6) is 11.5 Å². The zero-order valence-corrected chi connectivity index (χ0v) is 12.7. The molecule has 0 spiro atoms. The quantitative estimate of drug-likeness (QED) is 0.396. The Hall–Kier alpha value is -2.88. The average molecular weight is 304 g/mol. The molecular weight excluding hydrogens is 288 g/mol. The van der Waals surface area contributed by atoms with E-state index in [-0.39, 0.29) is 22.7 Å². The Morgan fingerprint density at radius 1 is 1.45 bits per heavy atom. The summed E-state index contributed by atoms with van der Waals surface area (Å²) in [6, 6.07) is 4.19. The number of hydrogen-bond acceptors (Lipinski definition) is 6. The molecule has 1 rings (SSSR count). The largest absolute Gasteiger partial charge is 0.500 e. The monoisotopic (exact) mass is 304 g/mol. The third-order valence-corrected chi connectivity index (χ3v) is 2.85. The average Bonchev–Trinajstić information content (AvgIpc) is 2.43. The van der Waals surface area contributed by atoms with Gasteiger partial charge in [-0.25, -0.2) is 0 Å². The molecule has 0 atom stereocenters. The summed E-state index contributed by atoms with van der Waals surface area (Å²) in [5.74, 6) is -1.10. The predicted octanol–water partition coefficient (Wildman–Crippen LogP) is 2.83. The number of carbonyl (C=O) groups excluding carboxylic acids is 1. The van der Waals surface area contributed by atoms with E-state index in [0.717, 1.165) is 6.07 Å². The summed E-state index contributed by atoms with van der Waals surface area (Å²) < 4.78 is 4.87. The molecule has 1 N–H and O–H groups in total. The number of nitriles is 1. The van der Waals surface area contributed by atoms with E-state index in [1.807, 2.05) is 0 Å². The highest BCUT2D eigenvalue weighted by Gasteiger charge is 2.26. The molecule has 0 aliphatic rings. The minimum atomic E-state index is -0.771. The van der Waals surface area contributed by atoms with Crippen molar-refractivity contribution in [2.45, 2.75) is 20.8 Å². The van der Waals surface area contributed by atoms with E-state index in [4.69, 9.17) is 10.00 Å². The number of ketones is 1. The van der Waals surface area contributed by atoms with Crippen LogP contribution >= 0.6 is 0 Å². The number of phenols is 1. The number of benzene rings is 1. The number of nitro benzene ring substituents is 1. The van der Waals surface area contributed by atoms with Crippen molar-refractivity contribution in [3.8, 4) is 17.6 Å². The molecule has 0 radical (unpaired) electrons. The highest BCUT2D eigenvalue weighted by molar-refractivity contribution is 6.06. The first-order valence-electron chi connectivity index (χ1n) is 6.33. The van der Waals surface area contributed by atoms with Crippen molar-refractivity contribution in [3.05, 3.63) is 33.4 Å². The number of carbonyl (C=O) groups is 1. The van der Waals surface area contributed by atoms with E-state index in [2.05, 4.69) is 0 Å². The van der Waals surface area contributed by atoms with Crippen molar-refractivity contribution in [1.82, 2.24) is 0 Å². The Balaban J connectivity index is 3.47. The number of rotatable bonds is 4. The normalized spacial score (nSPS) is 11.7. The lowest BCUT2D eigenvalue weighted by Gasteiger charge is -2.15. The number of nitro groups is 1. The van der Waals surface area contributed by atoms with Crippen LogP contribution in [0.1, 0.15) is 26.3 Å². The maximum Gasteiger partial charge on any atom is 0.315 e. The number of hydrogen-bond donors (Lipinski definition) is 1. The molecule has 0 aliphatic heterocycles. The molecule has 0 heterocycles. The maximum atomic E-state index is 12.1. The van der Waals surface area contributed by atoms with E-state index in [0.29, 0.717) is 0 Å². The summed E-state index contributed by atoms with van der Waals surface area (Å²) in [6.07, 6.45) is 1.24. The van der Waals surface area contributed by atoms with Crippen LogP contribution in [-0.4, -0.2) is 22.9 Å². The first kappa shape index (κ1) is 17.2. The number of ether oxygens (including phenoxy) is 1. The second-order valence-corrected chi connectivity index (χ2v) is 5.60. The van der Waals surface area contributed by atoms with E-state index in [1.165, 1.54) is 19.3 Å². The van der Waals surface area contributed by atoms with Crippen molar-refractivity contribution in [1.29, 1.82) is 5.26 Å². The molecule has 0 bridgehead atoms. The van der Waals surface area contributed by atoms with Gasteiger partial charge in [-0.05, 0) is 17.7 Å². The van der Waals surface area contributed by atoms with Crippen LogP contribution < -0.4 is 4.74 Å². The zero-order chi connectivity index (χ0) is 17.1. The molecule has 7 heteroatoms. The molecule has 1 aromatic rings. The van der Waals surface area contributed by atoms with Crippen molar-refractivity contribution < 1.29 is 19.6 Å². The molecule has 1 aromatic carbocycles. The summed E-state index contributed by atoms with van der Waals surface area (Å²) in [5.41, 5.74) is -1.23. The molecule has 0 unspecified atom stereocenters. The summed E-state index contributed by atoms with van der Waals surface area (Å²) in [4.78, 5) is 22.3. The van der Waals surface area contributed by atoms with E-state index < -0.39 is 21.8 Å². The molecule has 0 aromatic heterocycles. The molecule has 22 heavy (non-hydrogen) atoms. The van der Waals surface area contributed by atoms with Gasteiger partial charge in [0.1, 0.15) is 6.07 Å². The lowest BCUT2D eigenvalue weighted by molar-refractivity contribution is -0.386. The maximum absolute atomic E-state index is 12.1. The van der Waals surface area contributed by atoms with Gasteiger partial charge in [-0.15, -0.1) is 0 Å². The second kappa shape index (κ2) is 6.26. The Labute approximate surface area is 127 Å². The Morgan fingerprint density at radius 2 is 2.05 bits per heavy atom. The van der Waals surface area contributed by atoms with Gasteiger partial charge in [0, 0.05) is 11.5 Å². The minimum Gasteiger partial charge on any atom is -0.500 e. The first-order chi connectivity index (χ1) is 10.1. The van der Waals surface area contributed by atoms with Gasteiger partial charge in [0.05, 0.1) is 17.6 Å². The topological polar surface area (TPSA) is 113 Å². The third kappa shape index (κ3) is 3.61. The highest BCUT2D eigenvalue weighted by Crippen LogP contribution is 2.37. The number of nitrogens with zero attached hydrogens (tertiary/aromatic N) is 2. The van der Waals surface area contributed by atoms with Crippen LogP contribution in [0.15, 0.2) is 17.7 Å².